The van der Waals surface area contributed by atoms with Crippen LogP contribution >= 0.6 is 11.3 Å². The quantitative estimate of drug-likeness (QED) is 0.816. The highest BCUT2D eigenvalue weighted by molar-refractivity contribution is 7.15. The first-order valence-electron chi connectivity index (χ1n) is 8.39. The summed E-state index contributed by atoms with van der Waals surface area (Å²) in [6.07, 6.45) is 0. The molecule has 1 fully saturated rings. The minimum atomic E-state index is -0.952. The Labute approximate surface area is 151 Å². The van der Waals surface area contributed by atoms with Crippen LogP contribution in [0.5, 0.6) is 0 Å². The van der Waals surface area contributed by atoms with Gasteiger partial charge in [0.1, 0.15) is 5.01 Å². The maximum Gasteiger partial charge on any atom is 0.355 e. The average Bonchev–Trinajstić information content (AvgIpc) is 3.06. The van der Waals surface area contributed by atoms with E-state index >= 15 is 0 Å². The molecule has 2 heterocycles. The number of rotatable bonds is 7. The fourth-order valence-corrected chi connectivity index (χ4v) is 4.03. The monoisotopic (exact) mass is 361 g/mol. The molecule has 1 N–H and O–H groups in total. The number of benzene rings is 1. The molecule has 0 spiro atoms. The number of aromatic nitrogens is 1. The van der Waals surface area contributed by atoms with E-state index < -0.39 is 5.97 Å². The fraction of sp³-hybridized carbons (Fsp3) is 0.444. The smallest absolute Gasteiger partial charge is 0.355 e. The number of carboxylic acids is 1. The first-order valence-corrected chi connectivity index (χ1v) is 9.21. The van der Waals surface area contributed by atoms with Crippen molar-refractivity contribution in [3.63, 3.8) is 0 Å². The van der Waals surface area contributed by atoms with Gasteiger partial charge in [-0.2, -0.15) is 0 Å². The van der Waals surface area contributed by atoms with Crippen LogP contribution in [0.3, 0.4) is 0 Å². The summed E-state index contributed by atoms with van der Waals surface area (Å²) in [7, 11) is 1.72. The number of methoxy groups -OCH3 is 1. The first-order chi connectivity index (χ1) is 12.2. The number of nitrogens with zero attached hydrogens (tertiary/aromatic N) is 3. The molecule has 3 rings (SSSR count). The van der Waals surface area contributed by atoms with Crippen molar-refractivity contribution in [2.24, 2.45) is 0 Å². The van der Waals surface area contributed by atoms with Crippen LogP contribution in [0.15, 0.2) is 30.3 Å². The second-order valence-electron chi connectivity index (χ2n) is 6.07. The summed E-state index contributed by atoms with van der Waals surface area (Å²) in [6.45, 7) is 6.17. The summed E-state index contributed by atoms with van der Waals surface area (Å²) in [4.78, 5) is 21.5. The van der Waals surface area contributed by atoms with Gasteiger partial charge in [-0.1, -0.05) is 30.3 Å². The third kappa shape index (κ3) is 4.64. The Kier molecular flexibility index (Phi) is 6.14. The number of hydrogen-bond donors (Lipinski definition) is 1. The zero-order valence-electron chi connectivity index (χ0n) is 14.4. The number of aromatic carboxylic acids is 1. The predicted molar refractivity (Wildman–Crippen MR) is 98.1 cm³/mol. The standard InChI is InChI=1S/C18H23N3O3S/c1-24-12-11-20-7-9-21(10-8-20)13-15-16(18(22)23)19-17(25-15)14-5-3-2-4-6-14/h2-6H,7-13H2,1H3,(H,22,23). The summed E-state index contributed by atoms with van der Waals surface area (Å²) >= 11 is 1.48. The van der Waals surface area contributed by atoms with Crippen molar-refractivity contribution < 1.29 is 14.6 Å². The third-order valence-corrected chi connectivity index (χ3v) is 5.45. The predicted octanol–water partition coefficient (Wildman–Crippen LogP) is 2.27. The molecule has 0 saturated carbocycles. The largest absolute Gasteiger partial charge is 0.476 e. The van der Waals surface area contributed by atoms with Gasteiger partial charge in [0.2, 0.25) is 0 Å². The van der Waals surface area contributed by atoms with Gasteiger partial charge in [-0.05, 0) is 0 Å². The van der Waals surface area contributed by atoms with Gasteiger partial charge in [-0.15, -0.1) is 11.3 Å². The summed E-state index contributed by atoms with van der Waals surface area (Å²) in [5.41, 5.74) is 1.15. The van der Waals surface area contributed by atoms with E-state index in [1.165, 1.54) is 11.3 Å². The second-order valence-corrected chi connectivity index (χ2v) is 7.16. The van der Waals surface area contributed by atoms with Crippen LogP contribution in [0.2, 0.25) is 0 Å². The molecule has 0 unspecified atom stereocenters. The van der Waals surface area contributed by atoms with E-state index in [1.54, 1.807) is 7.11 Å². The van der Waals surface area contributed by atoms with Crippen molar-refractivity contribution in [1.82, 2.24) is 14.8 Å². The van der Waals surface area contributed by atoms with Crippen LogP contribution in [-0.2, 0) is 11.3 Å². The van der Waals surface area contributed by atoms with E-state index in [1.807, 2.05) is 30.3 Å². The van der Waals surface area contributed by atoms with Crippen molar-refractivity contribution in [2.45, 2.75) is 6.54 Å². The molecule has 1 aliphatic heterocycles. The molecule has 134 valence electrons. The Morgan fingerprint density at radius 2 is 1.88 bits per heavy atom. The SMILES string of the molecule is COCCN1CCN(Cc2sc(-c3ccccc3)nc2C(=O)O)CC1. The molecule has 1 aromatic heterocycles. The molecule has 2 aromatic rings. The van der Waals surface area contributed by atoms with Crippen molar-refractivity contribution in [3.05, 3.63) is 40.9 Å². The minimum Gasteiger partial charge on any atom is -0.476 e. The van der Waals surface area contributed by atoms with Gasteiger partial charge < -0.3 is 9.84 Å². The summed E-state index contributed by atoms with van der Waals surface area (Å²) in [5, 5.41) is 10.3. The summed E-state index contributed by atoms with van der Waals surface area (Å²) in [6, 6.07) is 9.75. The topological polar surface area (TPSA) is 65.9 Å². The minimum absolute atomic E-state index is 0.186. The molecular formula is C18H23N3O3S. The van der Waals surface area contributed by atoms with Gasteiger partial charge in [0.15, 0.2) is 5.69 Å². The molecule has 25 heavy (non-hydrogen) atoms. The first kappa shape index (κ1) is 18.0. The van der Waals surface area contributed by atoms with Crippen LogP contribution in [0, 0.1) is 0 Å². The Morgan fingerprint density at radius 3 is 2.52 bits per heavy atom. The van der Waals surface area contributed by atoms with Crippen LogP contribution < -0.4 is 0 Å². The second kappa shape index (κ2) is 8.53. The van der Waals surface area contributed by atoms with E-state index in [9.17, 15) is 9.90 Å². The molecule has 0 radical (unpaired) electrons. The Morgan fingerprint density at radius 1 is 1.20 bits per heavy atom. The molecule has 1 aromatic carbocycles. The normalized spacial score (nSPS) is 16.2. The number of carbonyl (C=O) groups is 1. The van der Waals surface area contributed by atoms with Gasteiger partial charge in [-0.3, -0.25) is 9.80 Å². The van der Waals surface area contributed by atoms with Gasteiger partial charge in [0, 0.05) is 51.9 Å². The number of carboxylic acid groups (broad SMARTS) is 1. The molecule has 1 aliphatic rings. The molecule has 6 nitrogen and oxygen atoms in total. The van der Waals surface area contributed by atoms with E-state index in [0.717, 1.165) is 54.8 Å². The summed E-state index contributed by atoms with van der Waals surface area (Å²) < 4.78 is 5.13. The molecular weight excluding hydrogens is 338 g/mol. The highest BCUT2D eigenvalue weighted by Crippen LogP contribution is 2.29. The molecule has 0 bridgehead atoms. The average molecular weight is 361 g/mol. The van der Waals surface area contributed by atoms with Crippen molar-refractivity contribution in [1.29, 1.82) is 0 Å². The van der Waals surface area contributed by atoms with Crippen molar-refractivity contribution in [2.75, 3.05) is 46.4 Å². The maximum absolute atomic E-state index is 11.6. The lowest BCUT2D eigenvalue weighted by Crippen LogP contribution is -2.46. The molecule has 0 atom stereocenters. The highest BCUT2D eigenvalue weighted by atomic mass is 32.1. The number of ether oxygens (including phenoxy) is 1. The van der Waals surface area contributed by atoms with Crippen molar-refractivity contribution >= 4 is 17.3 Å². The number of hydrogen-bond acceptors (Lipinski definition) is 6. The Bertz CT molecular complexity index is 697. The van der Waals surface area contributed by atoms with Crippen LogP contribution in [0.25, 0.3) is 10.6 Å². The van der Waals surface area contributed by atoms with Gasteiger partial charge in [0.05, 0.1) is 11.5 Å². The molecule has 1 saturated heterocycles. The van der Waals surface area contributed by atoms with E-state index in [-0.39, 0.29) is 5.69 Å². The summed E-state index contributed by atoms with van der Waals surface area (Å²) in [5.74, 6) is -0.952. The Hall–Kier alpha value is -1.80. The van der Waals surface area contributed by atoms with Crippen LogP contribution in [-0.4, -0.2) is 72.3 Å². The van der Waals surface area contributed by atoms with E-state index in [4.69, 9.17) is 4.74 Å². The molecule has 0 amide bonds. The fourth-order valence-electron chi connectivity index (χ4n) is 2.92. The lowest BCUT2D eigenvalue weighted by Gasteiger charge is -2.34. The van der Waals surface area contributed by atoms with Gasteiger partial charge in [-0.25, -0.2) is 9.78 Å². The van der Waals surface area contributed by atoms with Gasteiger partial charge in [0.25, 0.3) is 0 Å². The zero-order chi connectivity index (χ0) is 17.6. The van der Waals surface area contributed by atoms with Crippen LogP contribution in [0.4, 0.5) is 0 Å². The Balaban J connectivity index is 1.68. The number of piperazine rings is 1. The number of thiazole rings is 1. The maximum atomic E-state index is 11.6. The highest BCUT2D eigenvalue weighted by Gasteiger charge is 2.22. The third-order valence-electron chi connectivity index (χ3n) is 4.36. The van der Waals surface area contributed by atoms with Crippen LogP contribution in [0.1, 0.15) is 15.4 Å². The van der Waals surface area contributed by atoms with E-state index in [2.05, 4.69) is 14.8 Å². The van der Waals surface area contributed by atoms with Gasteiger partial charge >= 0.3 is 5.97 Å². The molecule has 7 heteroatoms. The zero-order valence-corrected chi connectivity index (χ0v) is 15.2. The lowest BCUT2D eigenvalue weighted by molar-refractivity contribution is 0.0686. The van der Waals surface area contributed by atoms with E-state index in [0.29, 0.717) is 6.54 Å². The van der Waals surface area contributed by atoms with Crippen molar-refractivity contribution in [3.8, 4) is 10.6 Å². The lowest BCUT2D eigenvalue weighted by atomic mass is 10.2. The molecule has 0 aliphatic carbocycles.